The molecule has 150 valence electrons. The fraction of sp³-hybridized carbons (Fsp3) is 0.889. The number of likely N-dealkylation sites (tertiary alicyclic amines) is 1. The van der Waals surface area contributed by atoms with Gasteiger partial charge in [0.1, 0.15) is 0 Å². The molecule has 7 nitrogen and oxygen atoms in total. The predicted octanol–water partition coefficient (Wildman–Crippen LogP) is 0.893. The third kappa shape index (κ3) is 5.45. The minimum absolute atomic E-state index is 0. The first-order valence-electron chi connectivity index (χ1n) is 9.74. The second-order valence-electron chi connectivity index (χ2n) is 7.67. The second-order valence-corrected chi connectivity index (χ2v) is 7.67. The first kappa shape index (κ1) is 21.7. The van der Waals surface area contributed by atoms with Crippen LogP contribution in [0.2, 0.25) is 0 Å². The maximum atomic E-state index is 11.7. The molecule has 0 saturated carbocycles. The van der Waals surface area contributed by atoms with Gasteiger partial charge in [0.25, 0.3) is 0 Å². The van der Waals surface area contributed by atoms with Crippen molar-refractivity contribution in [1.29, 1.82) is 0 Å². The molecule has 0 bridgehead atoms. The lowest BCUT2D eigenvalue weighted by molar-refractivity contribution is -0.119. The minimum Gasteiger partial charge on any atom is -0.379 e. The van der Waals surface area contributed by atoms with E-state index in [1.54, 1.807) is 0 Å². The molecule has 0 aliphatic carbocycles. The van der Waals surface area contributed by atoms with Crippen molar-refractivity contribution >= 4 is 35.8 Å². The van der Waals surface area contributed by atoms with E-state index in [1.165, 1.54) is 0 Å². The number of nitrogens with one attached hydrogen (secondary N) is 2. The molecular weight excluding hydrogens is 445 g/mol. The largest absolute Gasteiger partial charge is 0.379 e. The first-order chi connectivity index (χ1) is 12.1. The predicted molar refractivity (Wildman–Crippen MR) is 114 cm³/mol. The highest BCUT2D eigenvalue weighted by Crippen LogP contribution is 2.35. The van der Waals surface area contributed by atoms with Crippen molar-refractivity contribution in [3.8, 4) is 0 Å². The van der Waals surface area contributed by atoms with Gasteiger partial charge in [-0.25, -0.2) is 0 Å². The summed E-state index contributed by atoms with van der Waals surface area (Å²) in [6.45, 7) is 12.4. The smallest absolute Gasteiger partial charge is 0.220 e. The molecule has 2 atom stereocenters. The first-order valence-corrected chi connectivity index (χ1v) is 9.74. The van der Waals surface area contributed by atoms with Crippen molar-refractivity contribution in [1.82, 2.24) is 20.4 Å². The summed E-state index contributed by atoms with van der Waals surface area (Å²) in [6, 6.07) is 0.473. The van der Waals surface area contributed by atoms with Crippen LogP contribution in [0.3, 0.4) is 0 Å². The van der Waals surface area contributed by atoms with E-state index in [-0.39, 0.29) is 35.3 Å². The van der Waals surface area contributed by atoms with E-state index in [2.05, 4.69) is 34.3 Å². The minimum atomic E-state index is 0. The Balaban J connectivity index is 0.00000243. The van der Waals surface area contributed by atoms with Crippen LogP contribution in [0.15, 0.2) is 4.99 Å². The number of halogens is 1. The van der Waals surface area contributed by atoms with E-state index in [0.717, 1.165) is 77.8 Å². The zero-order valence-electron chi connectivity index (χ0n) is 16.1. The molecule has 3 aliphatic rings. The van der Waals surface area contributed by atoms with Gasteiger partial charge in [-0.2, -0.15) is 0 Å². The normalized spacial score (nSPS) is 30.2. The average molecular weight is 479 g/mol. The SMILES string of the molecule is CCNC(=NCCN1CCOCC1C)N1CCCC2(CNC(=O)C2)C1.I. The zero-order valence-corrected chi connectivity index (χ0v) is 18.5. The van der Waals surface area contributed by atoms with Crippen molar-refractivity contribution in [2.24, 2.45) is 10.4 Å². The average Bonchev–Trinajstić information content (AvgIpc) is 2.95. The third-order valence-corrected chi connectivity index (χ3v) is 5.65. The summed E-state index contributed by atoms with van der Waals surface area (Å²) in [7, 11) is 0. The van der Waals surface area contributed by atoms with Crippen LogP contribution in [0.25, 0.3) is 0 Å². The Morgan fingerprint density at radius 1 is 1.46 bits per heavy atom. The van der Waals surface area contributed by atoms with Crippen molar-refractivity contribution in [2.45, 2.75) is 39.2 Å². The van der Waals surface area contributed by atoms with Gasteiger partial charge in [0.15, 0.2) is 5.96 Å². The van der Waals surface area contributed by atoms with E-state index in [0.29, 0.717) is 12.5 Å². The lowest BCUT2D eigenvalue weighted by Crippen LogP contribution is -2.51. The maximum absolute atomic E-state index is 11.7. The maximum Gasteiger partial charge on any atom is 0.220 e. The van der Waals surface area contributed by atoms with E-state index in [4.69, 9.17) is 9.73 Å². The molecule has 0 radical (unpaired) electrons. The van der Waals surface area contributed by atoms with Gasteiger partial charge < -0.3 is 20.3 Å². The zero-order chi connectivity index (χ0) is 17.7. The Hall–Kier alpha value is -0.610. The van der Waals surface area contributed by atoms with Gasteiger partial charge in [0.2, 0.25) is 5.91 Å². The number of rotatable bonds is 4. The van der Waals surface area contributed by atoms with Crippen LogP contribution in [-0.2, 0) is 9.53 Å². The topological polar surface area (TPSA) is 69.2 Å². The Bertz CT molecular complexity index is 504. The van der Waals surface area contributed by atoms with E-state index < -0.39 is 0 Å². The van der Waals surface area contributed by atoms with E-state index in [1.807, 2.05) is 0 Å². The highest BCUT2D eigenvalue weighted by atomic mass is 127. The molecule has 3 heterocycles. The Morgan fingerprint density at radius 3 is 3.00 bits per heavy atom. The summed E-state index contributed by atoms with van der Waals surface area (Å²) in [5, 5.41) is 6.46. The Kier molecular flexibility index (Phi) is 8.41. The van der Waals surface area contributed by atoms with Gasteiger partial charge in [-0.3, -0.25) is 14.7 Å². The van der Waals surface area contributed by atoms with Crippen LogP contribution in [-0.4, -0.2) is 86.7 Å². The highest BCUT2D eigenvalue weighted by molar-refractivity contribution is 14.0. The number of nitrogens with zero attached hydrogens (tertiary/aromatic N) is 3. The molecular formula is C18H34IN5O2. The molecule has 26 heavy (non-hydrogen) atoms. The summed E-state index contributed by atoms with van der Waals surface area (Å²) in [5.41, 5.74) is 0.101. The summed E-state index contributed by atoms with van der Waals surface area (Å²) in [4.78, 5) is 21.4. The van der Waals surface area contributed by atoms with E-state index in [9.17, 15) is 4.79 Å². The van der Waals surface area contributed by atoms with Crippen molar-refractivity contribution in [3.63, 3.8) is 0 Å². The number of amides is 1. The van der Waals surface area contributed by atoms with Crippen molar-refractivity contribution < 1.29 is 9.53 Å². The van der Waals surface area contributed by atoms with Gasteiger partial charge in [0.05, 0.1) is 19.8 Å². The van der Waals surface area contributed by atoms with Gasteiger partial charge in [0, 0.05) is 57.1 Å². The van der Waals surface area contributed by atoms with Crippen LogP contribution in [0.4, 0.5) is 0 Å². The molecule has 8 heteroatoms. The number of aliphatic imine (C=N–C) groups is 1. The molecule has 3 saturated heterocycles. The van der Waals surface area contributed by atoms with Crippen molar-refractivity contribution in [3.05, 3.63) is 0 Å². The van der Waals surface area contributed by atoms with Crippen LogP contribution in [0.1, 0.15) is 33.1 Å². The molecule has 0 aromatic heterocycles. The molecule has 1 amide bonds. The molecule has 0 aromatic rings. The van der Waals surface area contributed by atoms with Gasteiger partial charge >= 0.3 is 0 Å². The standard InChI is InChI=1S/C18H33N5O2.HI/c1-3-19-17(20-6-8-22-9-10-25-12-15(22)2)23-7-4-5-18(14-23)11-16(24)21-13-18;/h15H,3-14H2,1-2H3,(H,19,20)(H,21,24);1H. The van der Waals surface area contributed by atoms with Gasteiger partial charge in [-0.05, 0) is 26.7 Å². The highest BCUT2D eigenvalue weighted by Gasteiger charge is 2.42. The van der Waals surface area contributed by atoms with E-state index >= 15 is 0 Å². The van der Waals surface area contributed by atoms with Crippen LogP contribution >= 0.6 is 24.0 Å². The fourth-order valence-electron chi connectivity index (χ4n) is 4.23. The molecule has 1 spiro atoms. The van der Waals surface area contributed by atoms with Crippen LogP contribution in [0, 0.1) is 5.41 Å². The molecule has 3 rings (SSSR count). The summed E-state index contributed by atoms with van der Waals surface area (Å²) in [6.07, 6.45) is 2.92. The monoisotopic (exact) mass is 479 g/mol. The molecule has 3 fully saturated rings. The number of hydrogen-bond acceptors (Lipinski definition) is 4. The quantitative estimate of drug-likeness (QED) is 0.356. The van der Waals surface area contributed by atoms with Crippen LogP contribution in [0.5, 0.6) is 0 Å². The number of guanidine groups is 1. The number of hydrogen-bond donors (Lipinski definition) is 2. The van der Waals surface area contributed by atoms with Crippen molar-refractivity contribution in [2.75, 3.05) is 59.0 Å². The molecule has 0 aromatic carbocycles. The van der Waals surface area contributed by atoms with Gasteiger partial charge in [-0.1, -0.05) is 0 Å². The third-order valence-electron chi connectivity index (χ3n) is 5.65. The number of piperidine rings is 1. The Labute approximate surface area is 174 Å². The van der Waals surface area contributed by atoms with Gasteiger partial charge in [-0.15, -0.1) is 24.0 Å². The molecule has 2 unspecified atom stereocenters. The lowest BCUT2D eigenvalue weighted by atomic mass is 9.79. The molecule has 3 aliphatic heterocycles. The second kappa shape index (κ2) is 10.1. The number of ether oxygens (including phenoxy) is 1. The lowest BCUT2D eigenvalue weighted by Gasteiger charge is -2.41. The number of morpholine rings is 1. The number of carbonyl (C=O) groups excluding carboxylic acids is 1. The summed E-state index contributed by atoms with van der Waals surface area (Å²) < 4.78 is 5.50. The van der Waals surface area contributed by atoms with Crippen LogP contribution < -0.4 is 10.6 Å². The Morgan fingerprint density at radius 2 is 2.31 bits per heavy atom. The molecule has 2 N–H and O–H groups in total. The summed E-state index contributed by atoms with van der Waals surface area (Å²) in [5.74, 6) is 1.20. The summed E-state index contributed by atoms with van der Waals surface area (Å²) >= 11 is 0. The number of carbonyl (C=O) groups is 1. The fourth-order valence-corrected chi connectivity index (χ4v) is 4.23.